The van der Waals surface area contributed by atoms with Gasteiger partial charge >= 0.3 is 12.4 Å². The number of hydrogen-bond donors (Lipinski definition) is 1. The van der Waals surface area contributed by atoms with E-state index in [0.717, 1.165) is 42.5 Å². The molecule has 1 N–H and O–H groups in total. The van der Waals surface area contributed by atoms with Crippen LogP contribution in [0.2, 0.25) is 0 Å². The highest BCUT2D eigenvalue weighted by molar-refractivity contribution is 7.92. The number of carbonyl (C=O) groups is 1. The zero-order valence-electron chi connectivity index (χ0n) is 28.0. The lowest BCUT2D eigenvalue weighted by Crippen LogP contribution is -2.56. The summed E-state index contributed by atoms with van der Waals surface area (Å²) in [6.07, 6.45) is -11.7. The Morgan fingerprint density at radius 3 is 1.92 bits per heavy atom. The van der Waals surface area contributed by atoms with Gasteiger partial charge in [0.2, 0.25) is 5.91 Å². The molecule has 1 atom stereocenters. The summed E-state index contributed by atoms with van der Waals surface area (Å²) in [5.41, 5.74) is -8.42. The predicted octanol–water partition coefficient (Wildman–Crippen LogP) is 8.57. The molecule has 3 aromatic carbocycles. The predicted molar refractivity (Wildman–Crippen MR) is 170 cm³/mol. The Labute approximate surface area is 294 Å². The lowest BCUT2D eigenvalue weighted by atomic mass is 9.79. The van der Waals surface area contributed by atoms with E-state index in [1.165, 1.54) is 0 Å². The molecule has 2 fully saturated rings. The number of carbonyl (C=O) groups excluding carboxylic acids is 1. The molecule has 0 bridgehead atoms. The number of benzene rings is 3. The fourth-order valence-corrected chi connectivity index (χ4v) is 9.31. The first-order chi connectivity index (χ1) is 24.1. The molecule has 1 aliphatic heterocycles. The molecule has 0 spiro atoms. The van der Waals surface area contributed by atoms with E-state index in [-0.39, 0.29) is 48.0 Å². The highest BCUT2D eigenvalue weighted by Gasteiger charge is 2.73. The van der Waals surface area contributed by atoms with Gasteiger partial charge in [0.05, 0.1) is 17.1 Å². The van der Waals surface area contributed by atoms with Crippen LogP contribution < -0.4 is 5.32 Å². The van der Waals surface area contributed by atoms with Crippen LogP contribution in [-0.2, 0) is 41.1 Å². The Morgan fingerprint density at radius 2 is 1.40 bits per heavy atom. The third-order valence-electron chi connectivity index (χ3n) is 9.96. The molecule has 1 saturated carbocycles. The Balaban J connectivity index is 1.51. The smallest absolute Gasteiger partial charge is 0.376 e. The molecule has 1 unspecified atom stereocenters. The van der Waals surface area contributed by atoms with Crippen molar-refractivity contribution in [3.05, 3.63) is 101 Å². The van der Waals surface area contributed by atoms with Gasteiger partial charge in [-0.1, -0.05) is 30.3 Å². The fourth-order valence-electron chi connectivity index (χ4n) is 7.15. The zero-order valence-corrected chi connectivity index (χ0v) is 28.8. The number of rotatable bonds is 9. The molecule has 2 aliphatic rings. The average molecular weight is 766 g/mol. The van der Waals surface area contributed by atoms with E-state index in [2.05, 4.69) is 10.1 Å². The monoisotopic (exact) mass is 765 g/mol. The lowest BCUT2D eigenvalue weighted by Gasteiger charge is -2.41. The lowest BCUT2D eigenvalue weighted by molar-refractivity contribution is -0.392. The van der Waals surface area contributed by atoms with E-state index in [4.69, 9.17) is 4.74 Å². The number of amides is 1. The third kappa shape index (κ3) is 7.43. The van der Waals surface area contributed by atoms with Crippen molar-refractivity contribution in [3.63, 3.8) is 0 Å². The number of sulfone groups is 1. The van der Waals surface area contributed by atoms with Crippen LogP contribution >= 0.6 is 0 Å². The summed E-state index contributed by atoms with van der Waals surface area (Å²) >= 11 is 0. The molecule has 1 saturated heterocycles. The Morgan fingerprint density at radius 1 is 0.846 bits per heavy atom. The minimum Gasteiger partial charge on any atom is -0.376 e. The molecule has 16 heteroatoms. The molecule has 0 radical (unpaired) electrons. The van der Waals surface area contributed by atoms with Crippen LogP contribution in [0.15, 0.2) is 71.6 Å². The second kappa shape index (κ2) is 14.3. The molecule has 5 rings (SSSR count). The van der Waals surface area contributed by atoms with Gasteiger partial charge in [-0.3, -0.25) is 4.79 Å². The summed E-state index contributed by atoms with van der Waals surface area (Å²) in [5, 5.41) is 2.95. The summed E-state index contributed by atoms with van der Waals surface area (Å²) in [6.45, 7) is 2.34. The van der Waals surface area contributed by atoms with Crippen molar-refractivity contribution in [2.45, 2.75) is 98.2 Å². The standard InChI is InChI=1S/C36H36F9NO5S/c1-32(2)20-22(16-19-50-32)31(47)46-26-14-17-33(18-15-26,52(48,49)27-12-10-25(37)11-13-27)23-6-8-24(9-7-23)34(35(40,41)42,36(43,44)45)51-21-28-29(38)4-3-5-30(28)39/h3-13,22,26H,14-21H2,1-2H3,(H,46,47). The molecule has 1 aliphatic carbocycles. The van der Waals surface area contributed by atoms with Crippen LogP contribution in [0.3, 0.4) is 0 Å². The van der Waals surface area contributed by atoms with E-state index < -0.39 is 79.4 Å². The van der Waals surface area contributed by atoms with E-state index in [0.29, 0.717) is 43.7 Å². The molecule has 3 aromatic rings. The highest BCUT2D eigenvalue weighted by Crippen LogP contribution is 2.54. The first kappa shape index (κ1) is 39.6. The molecular weight excluding hydrogens is 729 g/mol. The molecular formula is C36H36F9NO5S. The molecule has 284 valence electrons. The maximum absolute atomic E-state index is 14.6. The number of ether oxygens (including phenoxy) is 2. The second-order valence-electron chi connectivity index (χ2n) is 13.8. The van der Waals surface area contributed by atoms with Gasteiger partial charge in [-0.2, -0.15) is 26.3 Å². The van der Waals surface area contributed by atoms with E-state index >= 15 is 0 Å². The van der Waals surface area contributed by atoms with E-state index in [1.807, 2.05) is 13.8 Å². The number of nitrogens with one attached hydrogen (secondary N) is 1. The largest absolute Gasteiger partial charge is 0.430 e. The van der Waals surface area contributed by atoms with E-state index in [1.54, 1.807) is 0 Å². The maximum atomic E-state index is 14.6. The van der Waals surface area contributed by atoms with Crippen LogP contribution in [0.4, 0.5) is 39.5 Å². The van der Waals surface area contributed by atoms with Gasteiger partial charge in [-0.25, -0.2) is 21.6 Å². The van der Waals surface area contributed by atoms with Gasteiger partial charge in [-0.15, -0.1) is 0 Å². The van der Waals surface area contributed by atoms with Crippen molar-refractivity contribution in [2.24, 2.45) is 5.92 Å². The number of hydrogen-bond acceptors (Lipinski definition) is 5. The van der Waals surface area contributed by atoms with Gasteiger partial charge in [0.1, 0.15) is 22.2 Å². The summed E-state index contributed by atoms with van der Waals surface area (Å²) < 4.78 is 166. The van der Waals surface area contributed by atoms with Crippen molar-refractivity contribution in [2.75, 3.05) is 6.61 Å². The summed E-state index contributed by atoms with van der Waals surface area (Å²) in [5.74, 6) is -4.20. The molecule has 52 heavy (non-hydrogen) atoms. The second-order valence-corrected chi connectivity index (χ2v) is 16.0. The van der Waals surface area contributed by atoms with Gasteiger partial charge in [0.25, 0.3) is 5.60 Å². The molecule has 6 nitrogen and oxygen atoms in total. The minimum absolute atomic E-state index is 0.0763. The van der Waals surface area contributed by atoms with Crippen molar-refractivity contribution >= 4 is 15.7 Å². The van der Waals surface area contributed by atoms with Gasteiger partial charge in [0.15, 0.2) is 9.84 Å². The summed E-state index contributed by atoms with van der Waals surface area (Å²) in [7, 11) is -4.50. The van der Waals surface area contributed by atoms with Crippen LogP contribution in [-0.4, -0.2) is 44.9 Å². The van der Waals surface area contributed by atoms with Gasteiger partial charge in [0, 0.05) is 29.7 Å². The summed E-state index contributed by atoms with van der Waals surface area (Å²) in [6, 6.07) is 7.99. The van der Waals surface area contributed by atoms with Crippen molar-refractivity contribution in [1.29, 1.82) is 0 Å². The zero-order chi connectivity index (χ0) is 38.3. The first-order valence-electron chi connectivity index (χ1n) is 16.4. The maximum Gasteiger partial charge on any atom is 0.430 e. The Hall–Kier alpha value is -3.63. The Kier molecular flexibility index (Phi) is 10.9. The fraction of sp³-hybridized carbons (Fsp3) is 0.472. The molecule has 1 heterocycles. The van der Waals surface area contributed by atoms with Crippen LogP contribution in [0.25, 0.3) is 0 Å². The van der Waals surface area contributed by atoms with Crippen LogP contribution in [0, 0.1) is 23.4 Å². The van der Waals surface area contributed by atoms with E-state index in [9.17, 15) is 52.7 Å². The average Bonchev–Trinajstić information content (AvgIpc) is 3.05. The van der Waals surface area contributed by atoms with Gasteiger partial charge < -0.3 is 14.8 Å². The number of halogens is 9. The topological polar surface area (TPSA) is 81.7 Å². The van der Waals surface area contributed by atoms with Crippen molar-refractivity contribution in [3.8, 4) is 0 Å². The minimum atomic E-state index is -6.21. The highest BCUT2D eigenvalue weighted by atomic mass is 32.2. The molecule has 0 aromatic heterocycles. The number of alkyl halides is 6. The quantitative estimate of drug-likeness (QED) is 0.175. The first-order valence-corrected chi connectivity index (χ1v) is 17.9. The molecule has 1 amide bonds. The normalized spacial score (nSPS) is 22.9. The Bertz CT molecular complexity index is 1820. The SMILES string of the molecule is CC1(C)CC(C(=O)NC2CCC(c3ccc(C(OCc4c(F)cccc4F)(C(F)(F)F)C(F)(F)F)cc3)(S(=O)(=O)c3ccc(F)cc3)CC2)CCO1. The summed E-state index contributed by atoms with van der Waals surface area (Å²) in [4.78, 5) is 12.8. The van der Waals surface area contributed by atoms with Gasteiger partial charge in [-0.05, 0) is 94.3 Å². The van der Waals surface area contributed by atoms with Crippen LogP contribution in [0.5, 0.6) is 0 Å². The van der Waals surface area contributed by atoms with Crippen LogP contribution in [0.1, 0.15) is 69.1 Å². The third-order valence-corrected chi connectivity index (χ3v) is 12.5. The van der Waals surface area contributed by atoms with Crippen molar-refractivity contribution in [1.82, 2.24) is 5.32 Å². The van der Waals surface area contributed by atoms with Crippen molar-refractivity contribution < 1.29 is 62.2 Å².